The van der Waals surface area contributed by atoms with Gasteiger partial charge in [-0.15, -0.1) is 0 Å². The van der Waals surface area contributed by atoms with Gasteiger partial charge in [0.05, 0.1) is 13.5 Å². The molecule has 1 aliphatic carbocycles. The summed E-state index contributed by atoms with van der Waals surface area (Å²) in [6.07, 6.45) is 4.47. The number of ether oxygens (including phenoxy) is 1. The van der Waals surface area contributed by atoms with Gasteiger partial charge in [-0.3, -0.25) is 14.4 Å². The fourth-order valence-electron chi connectivity index (χ4n) is 2.60. The lowest BCUT2D eigenvalue weighted by atomic mass is 10.1. The molecule has 6 heteroatoms. The highest BCUT2D eigenvalue weighted by atomic mass is 16.5. The number of esters is 1. The quantitative estimate of drug-likeness (QED) is 0.690. The standard InChI is InChI=1S/C15H26N2O4/c1-10(17-15(20)12-6-4-5-7-12)8-13(18)16-11(2)9-14(19)21-3/h10-12H,4-9H2,1-3H3,(H,16,18)(H,17,20)/t10-,11+/m1/s1. The van der Waals surface area contributed by atoms with Gasteiger partial charge in [-0.25, -0.2) is 0 Å². The second-order valence-electron chi connectivity index (χ2n) is 5.84. The molecule has 0 spiro atoms. The van der Waals surface area contributed by atoms with Gasteiger partial charge < -0.3 is 15.4 Å². The summed E-state index contributed by atoms with van der Waals surface area (Å²) < 4.78 is 4.55. The van der Waals surface area contributed by atoms with Gasteiger partial charge in [0.25, 0.3) is 0 Å². The number of amides is 2. The van der Waals surface area contributed by atoms with Crippen LogP contribution in [0.3, 0.4) is 0 Å². The predicted molar refractivity (Wildman–Crippen MR) is 78.4 cm³/mol. The molecule has 0 unspecified atom stereocenters. The van der Waals surface area contributed by atoms with E-state index in [2.05, 4.69) is 15.4 Å². The summed E-state index contributed by atoms with van der Waals surface area (Å²) in [5, 5.41) is 5.61. The average molecular weight is 298 g/mol. The summed E-state index contributed by atoms with van der Waals surface area (Å²) >= 11 is 0. The first-order valence-electron chi connectivity index (χ1n) is 7.59. The zero-order valence-corrected chi connectivity index (χ0v) is 13.1. The number of rotatable bonds is 7. The third-order valence-corrected chi connectivity index (χ3v) is 3.71. The van der Waals surface area contributed by atoms with E-state index >= 15 is 0 Å². The Morgan fingerprint density at radius 1 is 1.05 bits per heavy atom. The van der Waals surface area contributed by atoms with E-state index in [4.69, 9.17) is 0 Å². The molecule has 120 valence electrons. The van der Waals surface area contributed by atoms with Crippen molar-refractivity contribution in [1.82, 2.24) is 10.6 Å². The highest BCUT2D eigenvalue weighted by molar-refractivity contribution is 5.81. The van der Waals surface area contributed by atoms with E-state index in [0.29, 0.717) is 0 Å². The Morgan fingerprint density at radius 3 is 2.19 bits per heavy atom. The average Bonchev–Trinajstić information content (AvgIpc) is 2.91. The molecule has 0 bridgehead atoms. The summed E-state index contributed by atoms with van der Waals surface area (Å²) in [7, 11) is 1.32. The van der Waals surface area contributed by atoms with Crippen molar-refractivity contribution < 1.29 is 19.1 Å². The van der Waals surface area contributed by atoms with E-state index in [1.165, 1.54) is 7.11 Å². The maximum absolute atomic E-state index is 11.9. The van der Waals surface area contributed by atoms with Gasteiger partial charge in [0, 0.05) is 24.4 Å². The lowest BCUT2D eigenvalue weighted by Gasteiger charge is -2.18. The molecule has 2 amide bonds. The highest BCUT2D eigenvalue weighted by Crippen LogP contribution is 2.24. The Balaban J connectivity index is 2.26. The zero-order chi connectivity index (χ0) is 15.8. The van der Waals surface area contributed by atoms with Crippen LogP contribution in [0.25, 0.3) is 0 Å². The van der Waals surface area contributed by atoms with Crippen LogP contribution in [0.1, 0.15) is 52.4 Å². The Hall–Kier alpha value is -1.59. The van der Waals surface area contributed by atoms with Crippen LogP contribution >= 0.6 is 0 Å². The van der Waals surface area contributed by atoms with E-state index in [-0.39, 0.29) is 48.6 Å². The molecular weight excluding hydrogens is 272 g/mol. The lowest BCUT2D eigenvalue weighted by Crippen LogP contribution is -2.42. The van der Waals surface area contributed by atoms with E-state index in [1.54, 1.807) is 6.92 Å². The SMILES string of the molecule is COC(=O)C[C@H](C)NC(=O)C[C@@H](C)NC(=O)C1CCCC1. The molecule has 1 rings (SSSR count). The molecule has 0 saturated heterocycles. The summed E-state index contributed by atoms with van der Waals surface area (Å²) in [4.78, 5) is 34.8. The molecule has 0 heterocycles. The minimum atomic E-state index is -0.356. The van der Waals surface area contributed by atoms with Crippen molar-refractivity contribution in [2.24, 2.45) is 5.92 Å². The zero-order valence-electron chi connectivity index (χ0n) is 13.1. The lowest BCUT2D eigenvalue weighted by molar-refractivity contribution is -0.141. The second-order valence-corrected chi connectivity index (χ2v) is 5.84. The molecule has 21 heavy (non-hydrogen) atoms. The van der Waals surface area contributed by atoms with E-state index < -0.39 is 0 Å². The van der Waals surface area contributed by atoms with Gasteiger partial charge in [-0.2, -0.15) is 0 Å². The number of methoxy groups -OCH3 is 1. The molecule has 0 aromatic rings. The predicted octanol–water partition coefficient (Wildman–Crippen LogP) is 1.14. The fourth-order valence-corrected chi connectivity index (χ4v) is 2.60. The van der Waals surface area contributed by atoms with Crippen LogP contribution in [-0.4, -0.2) is 37.0 Å². The molecule has 0 aliphatic heterocycles. The summed E-state index contributed by atoms with van der Waals surface area (Å²) in [5.74, 6) is -0.375. The van der Waals surface area contributed by atoms with Crippen LogP contribution < -0.4 is 10.6 Å². The Morgan fingerprint density at radius 2 is 1.62 bits per heavy atom. The van der Waals surface area contributed by atoms with Crippen LogP contribution in [0.2, 0.25) is 0 Å². The maximum atomic E-state index is 11.9. The largest absolute Gasteiger partial charge is 0.469 e. The summed E-state index contributed by atoms with van der Waals surface area (Å²) in [6, 6.07) is -0.480. The maximum Gasteiger partial charge on any atom is 0.307 e. The van der Waals surface area contributed by atoms with Crippen molar-refractivity contribution in [3.63, 3.8) is 0 Å². The molecular formula is C15H26N2O4. The third-order valence-electron chi connectivity index (χ3n) is 3.71. The van der Waals surface area contributed by atoms with Gasteiger partial charge >= 0.3 is 5.97 Å². The normalized spacial score (nSPS) is 17.9. The topological polar surface area (TPSA) is 84.5 Å². The minimum Gasteiger partial charge on any atom is -0.469 e. The van der Waals surface area contributed by atoms with Crippen LogP contribution in [0.15, 0.2) is 0 Å². The number of hydrogen-bond acceptors (Lipinski definition) is 4. The first kappa shape index (κ1) is 17.5. The van der Waals surface area contributed by atoms with Crippen LogP contribution in [-0.2, 0) is 19.1 Å². The molecule has 0 aromatic heterocycles. The molecule has 0 aromatic carbocycles. The number of carbonyl (C=O) groups is 3. The molecule has 1 fully saturated rings. The number of carbonyl (C=O) groups excluding carboxylic acids is 3. The first-order valence-corrected chi connectivity index (χ1v) is 7.59. The molecule has 2 N–H and O–H groups in total. The van der Waals surface area contributed by atoms with Gasteiger partial charge in [0.1, 0.15) is 0 Å². The molecule has 1 aliphatic rings. The van der Waals surface area contributed by atoms with Crippen LogP contribution in [0, 0.1) is 5.92 Å². The molecule has 2 atom stereocenters. The number of nitrogens with one attached hydrogen (secondary N) is 2. The summed E-state index contributed by atoms with van der Waals surface area (Å²) in [6.45, 7) is 3.56. The van der Waals surface area contributed by atoms with Crippen molar-refractivity contribution in [3.8, 4) is 0 Å². The van der Waals surface area contributed by atoms with E-state index in [1.807, 2.05) is 6.92 Å². The van der Waals surface area contributed by atoms with Gasteiger partial charge in [0.15, 0.2) is 0 Å². The van der Waals surface area contributed by atoms with E-state index in [0.717, 1.165) is 25.7 Å². The highest BCUT2D eigenvalue weighted by Gasteiger charge is 2.24. The second kappa shape index (κ2) is 8.64. The minimum absolute atomic E-state index is 0.0513. The van der Waals surface area contributed by atoms with Gasteiger partial charge in [-0.1, -0.05) is 12.8 Å². The Kier molecular flexibility index (Phi) is 7.19. The molecule has 1 saturated carbocycles. The fraction of sp³-hybridized carbons (Fsp3) is 0.800. The van der Waals surface area contributed by atoms with Gasteiger partial charge in [-0.05, 0) is 26.7 Å². The van der Waals surface area contributed by atoms with Crippen molar-refractivity contribution in [2.45, 2.75) is 64.5 Å². The summed E-state index contributed by atoms with van der Waals surface area (Å²) in [5.41, 5.74) is 0. The van der Waals surface area contributed by atoms with Crippen molar-refractivity contribution in [3.05, 3.63) is 0 Å². The third kappa shape index (κ3) is 6.60. The molecule has 6 nitrogen and oxygen atoms in total. The molecule has 0 radical (unpaired) electrons. The first-order chi connectivity index (χ1) is 9.92. The van der Waals surface area contributed by atoms with Crippen LogP contribution in [0.5, 0.6) is 0 Å². The van der Waals surface area contributed by atoms with Crippen molar-refractivity contribution in [2.75, 3.05) is 7.11 Å². The Bertz CT molecular complexity index is 378. The van der Waals surface area contributed by atoms with Crippen molar-refractivity contribution in [1.29, 1.82) is 0 Å². The van der Waals surface area contributed by atoms with Crippen LogP contribution in [0.4, 0.5) is 0 Å². The van der Waals surface area contributed by atoms with E-state index in [9.17, 15) is 14.4 Å². The Labute approximate surface area is 126 Å². The van der Waals surface area contributed by atoms with Gasteiger partial charge in [0.2, 0.25) is 11.8 Å². The van der Waals surface area contributed by atoms with Crippen molar-refractivity contribution >= 4 is 17.8 Å². The number of hydrogen-bond donors (Lipinski definition) is 2. The smallest absolute Gasteiger partial charge is 0.307 e. The monoisotopic (exact) mass is 298 g/mol.